The summed E-state index contributed by atoms with van der Waals surface area (Å²) >= 11 is 12.5. The molecule has 5 rings (SSSR count). The fourth-order valence-electron chi connectivity index (χ4n) is 6.95. The van der Waals surface area contributed by atoms with Gasteiger partial charge in [0, 0.05) is 24.2 Å². The maximum absolute atomic E-state index is 14.1. The number of amides is 2. The Hall–Kier alpha value is -2.62. The molecule has 1 aliphatic heterocycles. The van der Waals surface area contributed by atoms with E-state index in [9.17, 15) is 19.8 Å². The fourth-order valence-corrected chi connectivity index (χ4v) is 7.27. The van der Waals surface area contributed by atoms with Crippen molar-refractivity contribution in [2.24, 2.45) is 17.8 Å². The van der Waals surface area contributed by atoms with E-state index < -0.39 is 24.2 Å². The van der Waals surface area contributed by atoms with Gasteiger partial charge in [-0.1, -0.05) is 74.7 Å². The number of rotatable bonds is 10. The minimum absolute atomic E-state index is 0.0433. The summed E-state index contributed by atoms with van der Waals surface area (Å²) < 4.78 is 12.6. The summed E-state index contributed by atoms with van der Waals surface area (Å²) in [6, 6.07) is 11.6. The summed E-state index contributed by atoms with van der Waals surface area (Å²) in [4.78, 5) is 29.1. The second-order valence-corrected chi connectivity index (χ2v) is 13.4. The zero-order chi connectivity index (χ0) is 31.5. The fraction of sp³-hybridized carbons (Fsp3) is 0.529. The largest absolute Gasteiger partial charge is 0.486 e. The average Bonchev–Trinajstić information content (AvgIpc) is 3.40. The lowest BCUT2D eigenvalue weighted by Gasteiger charge is -2.41. The third kappa shape index (κ3) is 6.95. The molecule has 0 unspecified atom stereocenters. The number of para-hydroxylation sites is 1. The van der Waals surface area contributed by atoms with Gasteiger partial charge in [0.25, 0.3) is 0 Å². The number of halogens is 2. The lowest BCUT2D eigenvalue weighted by Crippen LogP contribution is -2.56. The Morgan fingerprint density at radius 1 is 1.14 bits per heavy atom. The van der Waals surface area contributed by atoms with Gasteiger partial charge in [-0.25, -0.2) is 0 Å². The number of hydrogen-bond donors (Lipinski definition) is 3. The summed E-state index contributed by atoms with van der Waals surface area (Å²) in [7, 11) is 0. The van der Waals surface area contributed by atoms with Gasteiger partial charge in [0.05, 0.1) is 34.7 Å². The topological polar surface area (TPSA) is 108 Å². The van der Waals surface area contributed by atoms with Crippen molar-refractivity contribution in [3.8, 4) is 5.75 Å². The molecule has 3 aliphatic rings. The number of carbonyl (C=O) groups is 2. The molecule has 7 atom stereocenters. The predicted molar refractivity (Wildman–Crippen MR) is 170 cm³/mol. The van der Waals surface area contributed by atoms with Crippen molar-refractivity contribution in [3.05, 3.63) is 75.3 Å². The lowest BCUT2D eigenvalue weighted by molar-refractivity contribution is -0.148. The van der Waals surface area contributed by atoms with E-state index in [0.29, 0.717) is 44.7 Å². The molecule has 2 aliphatic carbocycles. The molecule has 0 saturated heterocycles. The van der Waals surface area contributed by atoms with Gasteiger partial charge in [-0.3, -0.25) is 9.59 Å². The van der Waals surface area contributed by atoms with Crippen LogP contribution in [0.1, 0.15) is 57.1 Å². The highest BCUT2D eigenvalue weighted by Gasteiger charge is 2.50. The van der Waals surface area contributed by atoms with Crippen LogP contribution in [0.25, 0.3) is 0 Å². The molecular formula is C34H42Cl2N2O6. The van der Waals surface area contributed by atoms with Gasteiger partial charge in [-0.15, -0.1) is 0 Å². The number of nitrogens with zero attached hydrogens (tertiary/aromatic N) is 1. The van der Waals surface area contributed by atoms with Crippen molar-refractivity contribution in [1.82, 2.24) is 10.2 Å². The van der Waals surface area contributed by atoms with Crippen LogP contribution in [0.5, 0.6) is 5.75 Å². The number of ether oxygens (including phenoxy) is 2. The summed E-state index contributed by atoms with van der Waals surface area (Å²) in [6.07, 6.45) is 2.77. The number of aliphatic hydroxyl groups excluding tert-OH is 2. The van der Waals surface area contributed by atoms with E-state index in [2.05, 4.69) is 26.1 Å². The zero-order valence-electron chi connectivity index (χ0n) is 25.4. The third-order valence-electron chi connectivity index (χ3n) is 9.28. The maximum Gasteiger partial charge on any atom is 0.249 e. The molecule has 2 aromatic rings. The van der Waals surface area contributed by atoms with Crippen molar-refractivity contribution >= 4 is 35.0 Å². The van der Waals surface area contributed by atoms with Crippen LogP contribution in [-0.4, -0.2) is 71.0 Å². The first-order valence-electron chi connectivity index (χ1n) is 15.5. The van der Waals surface area contributed by atoms with Crippen molar-refractivity contribution in [2.75, 3.05) is 19.8 Å². The van der Waals surface area contributed by atoms with Crippen LogP contribution in [0, 0.1) is 17.8 Å². The SMILES string of the molecule is CC(C)[C@H]1CC[C@H](C)C[C@@H]1OCC(=O)N(Cc1ccc(Cl)c(Cl)c1)[C@@H]1C=C(C(=O)NCCO)[C@@H]2c3ccccc3O[C@@H]2[C@H]1O. The Morgan fingerprint density at radius 3 is 2.64 bits per heavy atom. The van der Waals surface area contributed by atoms with Crippen molar-refractivity contribution in [2.45, 2.75) is 76.9 Å². The molecule has 1 fully saturated rings. The van der Waals surface area contributed by atoms with E-state index in [4.69, 9.17) is 32.7 Å². The third-order valence-corrected chi connectivity index (χ3v) is 10.0. The quantitative estimate of drug-likeness (QED) is 0.331. The normalized spacial score (nSPS) is 27.6. The monoisotopic (exact) mass is 644 g/mol. The van der Waals surface area contributed by atoms with Gasteiger partial charge >= 0.3 is 0 Å². The first-order valence-corrected chi connectivity index (χ1v) is 16.2. The van der Waals surface area contributed by atoms with Crippen molar-refractivity contribution < 1.29 is 29.3 Å². The van der Waals surface area contributed by atoms with Crippen LogP contribution in [0.2, 0.25) is 10.0 Å². The highest BCUT2D eigenvalue weighted by Crippen LogP contribution is 2.47. The molecule has 1 heterocycles. The van der Waals surface area contributed by atoms with Gasteiger partial charge < -0.3 is 29.9 Å². The number of nitrogens with one attached hydrogen (secondary N) is 1. The second kappa shape index (κ2) is 14.2. The average molecular weight is 646 g/mol. The number of carbonyl (C=O) groups excluding carboxylic acids is 2. The van der Waals surface area contributed by atoms with E-state index in [0.717, 1.165) is 24.8 Å². The molecule has 10 heteroatoms. The molecular weight excluding hydrogens is 603 g/mol. The number of aliphatic hydroxyl groups is 2. The van der Waals surface area contributed by atoms with Crippen molar-refractivity contribution in [1.29, 1.82) is 0 Å². The van der Waals surface area contributed by atoms with Crippen molar-refractivity contribution in [3.63, 3.8) is 0 Å². The van der Waals surface area contributed by atoms with E-state index >= 15 is 0 Å². The van der Waals surface area contributed by atoms with Crippen LogP contribution < -0.4 is 10.1 Å². The molecule has 1 saturated carbocycles. The molecule has 0 radical (unpaired) electrons. The van der Waals surface area contributed by atoms with Gasteiger partial charge in [-0.2, -0.15) is 0 Å². The lowest BCUT2D eigenvalue weighted by atomic mass is 9.75. The zero-order valence-corrected chi connectivity index (χ0v) is 26.9. The summed E-state index contributed by atoms with van der Waals surface area (Å²) in [6.45, 7) is 6.38. The molecule has 0 spiro atoms. The minimum Gasteiger partial charge on any atom is -0.486 e. The van der Waals surface area contributed by atoms with Crippen LogP contribution >= 0.6 is 23.2 Å². The first-order chi connectivity index (χ1) is 21.1. The molecule has 238 valence electrons. The summed E-state index contributed by atoms with van der Waals surface area (Å²) in [5.74, 6) is 0.636. The van der Waals surface area contributed by atoms with E-state index in [1.165, 1.54) is 0 Å². The Bertz CT molecular complexity index is 1380. The predicted octanol–water partition coefficient (Wildman–Crippen LogP) is 5.12. The van der Waals surface area contributed by atoms with Crippen LogP contribution in [-0.2, 0) is 20.9 Å². The van der Waals surface area contributed by atoms with Gasteiger partial charge in [0.15, 0.2) is 0 Å². The summed E-state index contributed by atoms with van der Waals surface area (Å²) in [5.41, 5.74) is 1.87. The Labute approximate surface area is 269 Å². The van der Waals surface area contributed by atoms with Gasteiger partial charge in [-0.05, 0) is 60.4 Å². The molecule has 8 nitrogen and oxygen atoms in total. The Balaban J connectivity index is 1.49. The van der Waals surface area contributed by atoms with E-state index in [-0.39, 0.29) is 44.2 Å². The minimum atomic E-state index is -1.15. The van der Waals surface area contributed by atoms with E-state index in [1.54, 1.807) is 35.2 Å². The van der Waals surface area contributed by atoms with Gasteiger partial charge in [0.2, 0.25) is 11.8 Å². The molecule has 2 aromatic carbocycles. The number of benzene rings is 2. The van der Waals surface area contributed by atoms with Crippen LogP contribution in [0.15, 0.2) is 54.1 Å². The smallest absolute Gasteiger partial charge is 0.249 e. The second-order valence-electron chi connectivity index (χ2n) is 12.6. The standard InChI is InChI=1S/C34H42Cl2N2O6/c1-19(2)22-10-8-20(3)14-29(22)43-18-30(40)38(17-21-9-11-25(35)26(36)15-21)27-16-24(34(42)37-12-13-39)31-23-6-4-5-7-28(23)44-33(31)32(27)41/h4-7,9,11,15-16,19-20,22,27,29,31-33,39,41H,8,10,12-14,17-18H2,1-3H3,(H,37,42)/t20-,22+,27+,29-,31-,32-,33-/m0/s1. The first kappa shape index (κ1) is 32.8. The molecule has 44 heavy (non-hydrogen) atoms. The van der Waals surface area contributed by atoms with E-state index in [1.807, 2.05) is 18.2 Å². The molecule has 0 aromatic heterocycles. The van der Waals surface area contributed by atoms with Crippen LogP contribution in [0.4, 0.5) is 0 Å². The maximum atomic E-state index is 14.1. The number of fused-ring (bicyclic) bond motifs is 3. The summed E-state index contributed by atoms with van der Waals surface area (Å²) in [5, 5.41) is 24.7. The molecule has 2 amide bonds. The van der Waals surface area contributed by atoms with Crippen LogP contribution in [0.3, 0.4) is 0 Å². The number of hydrogen-bond acceptors (Lipinski definition) is 6. The highest BCUT2D eigenvalue weighted by atomic mass is 35.5. The Kier molecular flexibility index (Phi) is 10.6. The van der Waals surface area contributed by atoms with Gasteiger partial charge in [0.1, 0.15) is 24.6 Å². The highest BCUT2D eigenvalue weighted by molar-refractivity contribution is 6.42. The molecule has 0 bridgehead atoms. The molecule has 3 N–H and O–H groups in total. The Morgan fingerprint density at radius 2 is 1.91 bits per heavy atom.